The first-order valence-corrected chi connectivity index (χ1v) is 7.85. The zero-order valence-electron chi connectivity index (χ0n) is 13.9. The molecule has 1 amide bonds. The van der Waals surface area contributed by atoms with Gasteiger partial charge in [0.15, 0.2) is 6.61 Å². The minimum Gasteiger partial charge on any atom is -0.451 e. The van der Waals surface area contributed by atoms with E-state index in [2.05, 4.69) is 0 Å². The fraction of sp³-hybridized carbons (Fsp3) is 0.150. The van der Waals surface area contributed by atoms with Gasteiger partial charge in [-0.2, -0.15) is 5.26 Å². The van der Waals surface area contributed by atoms with Crippen molar-refractivity contribution in [2.45, 2.75) is 6.92 Å². The van der Waals surface area contributed by atoms with Gasteiger partial charge in [0.05, 0.1) is 0 Å². The topological polar surface area (TPSA) is 70.4 Å². The molecule has 0 spiro atoms. The fourth-order valence-electron chi connectivity index (χ4n) is 2.25. The predicted molar refractivity (Wildman–Crippen MR) is 95.5 cm³/mol. The maximum atomic E-state index is 12.3. The molecule has 0 saturated carbocycles. The summed E-state index contributed by atoms with van der Waals surface area (Å²) in [6.07, 6.45) is 1.43. The lowest BCUT2D eigenvalue weighted by Crippen LogP contribution is -2.34. The molecule has 0 radical (unpaired) electrons. The van der Waals surface area contributed by atoms with Crippen molar-refractivity contribution in [2.24, 2.45) is 0 Å². The summed E-state index contributed by atoms with van der Waals surface area (Å²) >= 11 is 0. The van der Waals surface area contributed by atoms with Gasteiger partial charge in [-0.05, 0) is 30.7 Å². The summed E-state index contributed by atoms with van der Waals surface area (Å²) in [6.45, 7) is 1.86. The molecule has 0 aliphatic carbocycles. The first-order valence-electron chi connectivity index (χ1n) is 7.85. The molecule has 25 heavy (non-hydrogen) atoms. The van der Waals surface area contributed by atoms with E-state index in [1.807, 2.05) is 37.3 Å². The van der Waals surface area contributed by atoms with Crippen LogP contribution in [0.1, 0.15) is 12.5 Å². The molecule has 0 aliphatic rings. The van der Waals surface area contributed by atoms with Crippen molar-refractivity contribution in [3.8, 4) is 6.07 Å². The highest BCUT2D eigenvalue weighted by molar-refractivity contribution is 6.00. The van der Waals surface area contributed by atoms with E-state index in [0.29, 0.717) is 12.1 Å². The lowest BCUT2D eigenvalue weighted by atomic mass is 10.1. The van der Waals surface area contributed by atoms with Crippen molar-refractivity contribution in [1.82, 2.24) is 0 Å². The fourth-order valence-corrected chi connectivity index (χ4v) is 2.25. The normalized spacial score (nSPS) is 10.6. The number of hydrogen-bond donors (Lipinski definition) is 0. The predicted octanol–water partition coefficient (Wildman–Crippen LogP) is 3.19. The highest BCUT2D eigenvalue weighted by atomic mass is 16.5. The average molecular weight is 334 g/mol. The number of carbonyl (C=O) groups excluding carboxylic acids is 2. The zero-order chi connectivity index (χ0) is 18.1. The molecule has 5 nitrogen and oxygen atoms in total. The number of hydrogen-bond acceptors (Lipinski definition) is 4. The second kappa shape index (κ2) is 9.04. The van der Waals surface area contributed by atoms with Gasteiger partial charge in [-0.15, -0.1) is 0 Å². The van der Waals surface area contributed by atoms with Crippen LogP contribution in [0.3, 0.4) is 0 Å². The summed E-state index contributed by atoms with van der Waals surface area (Å²) in [6, 6.07) is 19.9. The molecule has 126 valence electrons. The van der Waals surface area contributed by atoms with E-state index in [-0.39, 0.29) is 11.5 Å². The van der Waals surface area contributed by atoms with Crippen LogP contribution in [0.5, 0.6) is 0 Å². The van der Waals surface area contributed by atoms with Gasteiger partial charge >= 0.3 is 5.97 Å². The molecule has 0 atom stereocenters. The summed E-state index contributed by atoms with van der Waals surface area (Å²) < 4.78 is 5.01. The second-order valence-electron chi connectivity index (χ2n) is 5.13. The van der Waals surface area contributed by atoms with E-state index in [1.165, 1.54) is 11.0 Å². The van der Waals surface area contributed by atoms with Gasteiger partial charge in [-0.1, -0.05) is 48.5 Å². The first-order chi connectivity index (χ1) is 12.2. The molecule has 2 rings (SSSR count). The molecule has 0 bridgehead atoms. The minimum absolute atomic E-state index is 0.151. The van der Waals surface area contributed by atoms with Crippen LogP contribution in [0.2, 0.25) is 0 Å². The van der Waals surface area contributed by atoms with Crippen LogP contribution in [0.15, 0.2) is 66.2 Å². The average Bonchev–Trinajstić information content (AvgIpc) is 2.66. The molecular weight excluding hydrogens is 316 g/mol. The molecule has 0 unspecified atom stereocenters. The smallest absolute Gasteiger partial charge is 0.349 e. The zero-order valence-corrected chi connectivity index (χ0v) is 13.9. The van der Waals surface area contributed by atoms with Gasteiger partial charge < -0.3 is 9.64 Å². The Kier molecular flexibility index (Phi) is 6.49. The minimum atomic E-state index is -0.816. The van der Waals surface area contributed by atoms with Crippen LogP contribution in [0, 0.1) is 11.3 Å². The van der Waals surface area contributed by atoms with Crippen LogP contribution in [0.25, 0.3) is 6.08 Å². The van der Waals surface area contributed by atoms with Gasteiger partial charge in [0.25, 0.3) is 5.91 Å². The van der Waals surface area contributed by atoms with E-state index >= 15 is 0 Å². The largest absolute Gasteiger partial charge is 0.451 e. The second-order valence-corrected chi connectivity index (χ2v) is 5.13. The number of carbonyl (C=O) groups is 2. The Hall–Kier alpha value is -3.39. The number of anilines is 1. The maximum absolute atomic E-state index is 12.3. The van der Waals surface area contributed by atoms with E-state index < -0.39 is 12.6 Å². The summed E-state index contributed by atoms with van der Waals surface area (Å²) in [7, 11) is 0. The van der Waals surface area contributed by atoms with Crippen molar-refractivity contribution < 1.29 is 14.3 Å². The van der Waals surface area contributed by atoms with Gasteiger partial charge in [-0.25, -0.2) is 4.79 Å². The standard InChI is InChI=1S/C20H18N2O3/c1-2-22(18-11-7-4-8-12-18)19(23)15-25-20(24)17(14-21)13-16-9-5-3-6-10-16/h3-13H,2,15H2,1H3/b17-13-. The molecule has 0 heterocycles. The van der Waals surface area contributed by atoms with Crippen LogP contribution in [-0.2, 0) is 14.3 Å². The number of nitriles is 1. The Bertz CT molecular complexity index is 793. The molecule has 0 fully saturated rings. The molecule has 0 aliphatic heterocycles. The summed E-state index contributed by atoms with van der Waals surface area (Å²) in [5, 5.41) is 9.14. The number of amides is 1. The number of ether oxygens (including phenoxy) is 1. The molecular formula is C20H18N2O3. The quantitative estimate of drug-likeness (QED) is 0.462. The summed E-state index contributed by atoms with van der Waals surface area (Å²) in [4.78, 5) is 25.9. The Balaban J connectivity index is 2.01. The van der Waals surface area contributed by atoms with Crippen molar-refractivity contribution >= 4 is 23.6 Å². The number of nitrogens with zero attached hydrogens (tertiary/aromatic N) is 2. The van der Waals surface area contributed by atoms with Gasteiger partial charge in [0.1, 0.15) is 11.6 Å². The van der Waals surface area contributed by atoms with Crippen molar-refractivity contribution in [3.05, 3.63) is 71.8 Å². The van der Waals surface area contributed by atoms with Crippen LogP contribution in [-0.4, -0.2) is 25.0 Å². The molecule has 2 aromatic carbocycles. The van der Waals surface area contributed by atoms with E-state index in [9.17, 15) is 9.59 Å². The number of para-hydroxylation sites is 1. The molecule has 0 saturated heterocycles. The number of rotatable bonds is 6. The third kappa shape index (κ3) is 5.05. The summed E-state index contributed by atoms with van der Waals surface area (Å²) in [5.41, 5.74) is 1.29. The lowest BCUT2D eigenvalue weighted by molar-refractivity contribution is -0.143. The van der Waals surface area contributed by atoms with Crippen LogP contribution < -0.4 is 4.90 Å². The monoisotopic (exact) mass is 334 g/mol. The van der Waals surface area contributed by atoms with Crippen molar-refractivity contribution in [1.29, 1.82) is 5.26 Å². The Labute approximate surface area is 146 Å². The lowest BCUT2D eigenvalue weighted by Gasteiger charge is -2.20. The third-order valence-electron chi connectivity index (χ3n) is 3.46. The molecule has 0 N–H and O–H groups in total. The number of esters is 1. The molecule has 2 aromatic rings. The van der Waals surface area contributed by atoms with Gasteiger partial charge in [0, 0.05) is 12.2 Å². The Morgan fingerprint density at radius 2 is 1.68 bits per heavy atom. The first kappa shape index (κ1) is 18.0. The number of likely N-dealkylation sites (N-methyl/N-ethyl adjacent to an activating group) is 1. The Morgan fingerprint density at radius 1 is 1.08 bits per heavy atom. The van der Waals surface area contributed by atoms with Gasteiger partial charge in [0.2, 0.25) is 0 Å². The SMILES string of the molecule is CCN(C(=O)COC(=O)/C(C#N)=C\c1ccccc1)c1ccccc1. The summed E-state index contributed by atoms with van der Waals surface area (Å²) in [5.74, 6) is -1.16. The van der Waals surface area contributed by atoms with E-state index in [0.717, 1.165) is 5.69 Å². The molecule has 0 aromatic heterocycles. The number of benzene rings is 2. The third-order valence-corrected chi connectivity index (χ3v) is 3.46. The van der Waals surface area contributed by atoms with E-state index in [1.54, 1.807) is 36.4 Å². The van der Waals surface area contributed by atoms with E-state index in [4.69, 9.17) is 10.00 Å². The molecule has 5 heteroatoms. The maximum Gasteiger partial charge on any atom is 0.349 e. The van der Waals surface area contributed by atoms with Crippen LogP contribution >= 0.6 is 0 Å². The van der Waals surface area contributed by atoms with Crippen molar-refractivity contribution in [3.63, 3.8) is 0 Å². The van der Waals surface area contributed by atoms with Crippen LogP contribution in [0.4, 0.5) is 5.69 Å². The van der Waals surface area contributed by atoms with Crippen molar-refractivity contribution in [2.75, 3.05) is 18.1 Å². The highest BCUT2D eigenvalue weighted by Crippen LogP contribution is 2.13. The highest BCUT2D eigenvalue weighted by Gasteiger charge is 2.17. The van der Waals surface area contributed by atoms with Gasteiger partial charge in [-0.3, -0.25) is 4.79 Å². The Morgan fingerprint density at radius 3 is 2.24 bits per heavy atom.